The van der Waals surface area contributed by atoms with Gasteiger partial charge in [0.1, 0.15) is 11.5 Å². The van der Waals surface area contributed by atoms with Gasteiger partial charge in [-0.3, -0.25) is 4.99 Å². The molecule has 3 aromatic rings. The first-order chi connectivity index (χ1) is 14.3. The number of anilines is 1. The summed E-state index contributed by atoms with van der Waals surface area (Å²) in [6.07, 6.45) is 4.24. The number of aliphatic imine (C=N–C) groups is 1. The second-order valence-corrected chi connectivity index (χ2v) is 8.48. The number of ether oxygens (including phenoxy) is 1. The Kier molecular flexibility index (Phi) is 5.21. The minimum absolute atomic E-state index is 0.0229. The lowest BCUT2D eigenvalue weighted by molar-refractivity contribution is 0.482. The highest BCUT2D eigenvalue weighted by molar-refractivity contribution is 5.88. The fourth-order valence-corrected chi connectivity index (χ4v) is 3.75. The van der Waals surface area contributed by atoms with E-state index in [1.54, 1.807) is 0 Å². The van der Waals surface area contributed by atoms with E-state index in [0.717, 1.165) is 22.7 Å². The molecule has 1 aliphatic heterocycles. The normalized spacial score (nSPS) is 15.1. The van der Waals surface area contributed by atoms with E-state index in [1.807, 2.05) is 54.7 Å². The van der Waals surface area contributed by atoms with E-state index >= 15 is 0 Å². The summed E-state index contributed by atoms with van der Waals surface area (Å²) in [6, 6.07) is 22.4. The quantitative estimate of drug-likeness (QED) is 0.437. The molecule has 0 spiro atoms. The molecular formula is C27H28N2O. The average molecular weight is 397 g/mol. The van der Waals surface area contributed by atoms with Crippen molar-refractivity contribution >= 4 is 23.2 Å². The second-order valence-electron chi connectivity index (χ2n) is 8.48. The number of allylic oxidation sites excluding steroid dienone is 1. The molecule has 0 radical (unpaired) electrons. The van der Waals surface area contributed by atoms with Crippen LogP contribution in [0.3, 0.4) is 0 Å². The Labute approximate surface area is 179 Å². The van der Waals surface area contributed by atoms with Gasteiger partial charge in [0, 0.05) is 24.5 Å². The molecule has 0 aliphatic carbocycles. The molecule has 152 valence electrons. The molecule has 0 N–H and O–H groups in total. The van der Waals surface area contributed by atoms with Crippen LogP contribution in [-0.2, 0) is 0 Å². The van der Waals surface area contributed by atoms with Crippen molar-refractivity contribution in [1.29, 1.82) is 0 Å². The fourth-order valence-electron chi connectivity index (χ4n) is 3.75. The van der Waals surface area contributed by atoms with Gasteiger partial charge in [0.25, 0.3) is 0 Å². The summed E-state index contributed by atoms with van der Waals surface area (Å²) in [6.45, 7) is 8.72. The molecule has 4 rings (SSSR count). The first-order valence-corrected chi connectivity index (χ1v) is 10.3. The molecule has 0 amide bonds. The molecule has 3 nitrogen and oxygen atoms in total. The summed E-state index contributed by atoms with van der Waals surface area (Å²) in [5.74, 6) is 1.64. The van der Waals surface area contributed by atoms with Crippen molar-refractivity contribution < 1.29 is 4.74 Å². The number of likely N-dealkylation sites (N-methyl/N-ethyl adjacent to an activating group) is 1. The molecule has 0 atom stereocenters. The van der Waals surface area contributed by atoms with Crippen LogP contribution in [0.5, 0.6) is 11.5 Å². The Morgan fingerprint density at radius 1 is 0.867 bits per heavy atom. The van der Waals surface area contributed by atoms with Crippen molar-refractivity contribution in [2.75, 3.05) is 11.9 Å². The van der Waals surface area contributed by atoms with Crippen LogP contribution in [-0.4, -0.2) is 18.8 Å². The monoisotopic (exact) mass is 396 g/mol. The fraction of sp³-hybridized carbons (Fsp3) is 0.222. The highest BCUT2D eigenvalue weighted by Gasteiger charge is 2.28. The number of nitrogens with zero attached hydrogens (tertiary/aromatic N) is 2. The topological polar surface area (TPSA) is 24.8 Å². The predicted molar refractivity (Wildman–Crippen MR) is 128 cm³/mol. The van der Waals surface area contributed by atoms with E-state index in [4.69, 9.17) is 4.74 Å². The summed E-state index contributed by atoms with van der Waals surface area (Å²) in [5.41, 5.74) is 7.06. The van der Waals surface area contributed by atoms with Gasteiger partial charge >= 0.3 is 0 Å². The number of fused-ring (bicyclic) bond motifs is 1. The number of rotatable bonds is 4. The van der Waals surface area contributed by atoms with Crippen molar-refractivity contribution in [2.24, 2.45) is 4.99 Å². The lowest BCUT2D eigenvalue weighted by atomic mass is 9.89. The standard InChI is InChI=1S/C27H28N2O/c1-19-6-11-23(12-7-19)30-24-13-9-22(10-14-24)28-18-21-8-15-26-25(16-21)20(2)17-27(3,4)29(26)5/h6-18H,1-5H3. The Bertz CT molecular complexity index is 1110. The summed E-state index contributed by atoms with van der Waals surface area (Å²) in [7, 11) is 2.15. The number of aryl methyl sites for hydroxylation is 1. The van der Waals surface area contributed by atoms with Gasteiger partial charge in [-0.15, -0.1) is 0 Å². The molecule has 3 heteroatoms. The Balaban J connectivity index is 1.49. The van der Waals surface area contributed by atoms with Gasteiger partial charge in [-0.1, -0.05) is 29.8 Å². The van der Waals surface area contributed by atoms with Gasteiger partial charge < -0.3 is 9.64 Å². The van der Waals surface area contributed by atoms with Crippen LogP contribution in [0.2, 0.25) is 0 Å². The molecule has 0 fully saturated rings. The maximum Gasteiger partial charge on any atom is 0.127 e. The molecule has 0 saturated carbocycles. The van der Waals surface area contributed by atoms with Gasteiger partial charge in [0.05, 0.1) is 11.2 Å². The smallest absolute Gasteiger partial charge is 0.127 e. The minimum atomic E-state index is 0.0229. The molecule has 0 saturated heterocycles. The molecule has 0 unspecified atom stereocenters. The van der Waals surface area contributed by atoms with Crippen LogP contribution < -0.4 is 9.64 Å². The van der Waals surface area contributed by atoms with Gasteiger partial charge in [-0.05, 0) is 87.4 Å². The average Bonchev–Trinajstić information content (AvgIpc) is 2.73. The van der Waals surface area contributed by atoms with Crippen molar-refractivity contribution in [3.8, 4) is 11.5 Å². The number of hydrogen-bond acceptors (Lipinski definition) is 3. The van der Waals surface area contributed by atoms with Gasteiger partial charge in [0.15, 0.2) is 0 Å². The third-order valence-electron chi connectivity index (χ3n) is 5.70. The van der Waals surface area contributed by atoms with Crippen molar-refractivity contribution in [3.05, 3.63) is 89.5 Å². The maximum atomic E-state index is 5.89. The molecule has 1 heterocycles. The van der Waals surface area contributed by atoms with Crippen LogP contribution in [0.15, 0.2) is 77.8 Å². The molecular weight excluding hydrogens is 368 g/mol. The number of hydrogen-bond donors (Lipinski definition) is 0. The maximum absolute atomic E-state index is 5.89. The zero-order valence-electron chi connectivity index (χ0n) is 18.3. The lowest BCUT2D eigenvalue weighted by Gasteiger charge is -2.40. The van der Waals surface area contributed by atoms with E-state index in [9.17, 15) is 0 Å². The van der Waals surface area contributed by atoms with Crippen LogP contribution in [0.25, 0.3) is 5.57 Å². The van der Waals surface area contributed by atoms with Crippen LogP contribution in [0, 0.1) is 6.92 Å². The highest BCUT2D eigenvalue weighted by Crippen LogP contribution is 2.38. The largest absolute Gasteiger partial charge is 0.457 e. The van der Waals surface area contributed by atoms with E-state index < -0.39 is 0 Å². The molecule has 30 heavy (non-hydrogen) atoms. The van der Waals surface area contributed by atoms with E-state index in [1.165, 1.54) is 22.4 Å². The molecule has 0 aromatic heterocycles. The number of benzene rings is 3. The zero-order valence-corrected chi connectivity index (χ0v) is 18.3. The lowest BCUT2D eigenvalue weighted by Crippen LogP contribution is -2.42. The Hall–Kier alpha value is -3.33. The van der Waals surface area contributed by atoms with E-state index in [-0.39, 0.29) is 5.54 Å². The third-order valence-corrected chi connectivity index (χ3v) is 5.70. The molecule has 0 bridgehead atoms. The SMILES string of the molecule is CC1=CC(C)(C)N(C)c2ccc(C=Nc3ccc(Oc4ccc(C)cc4)cc3)cc21. The van der Waals surface area contributed by atoms with Gasteiger partial charge in [-0.25, -0.2) is 0 Å². The van der Waals surface area contributed by atoms with Crippen LogP contribution >= 0.6 is 0 Å². The second kappa shape index (κ2) is 7.83. The zero-order chi connectivity index (χ0) is 21.3. The van der Waals surface area contributed by atoms with Crippen molar-refractivity contribution in [2.45, 2.75) is 33.2 Å². The summed E-state index contributed by atoms with van der Waals surface area (Å²) in [4.78, 5) is 6.97. The summed E-state index contributed by atoms with van der Waals surface area (Å²) < 4.78 is 5.89. The minimum Gasteiger partial charge on any atom is -0.457 e. The van der Waals surface area contributed by atoms with Crippen molar-refractivity contribution in [1.82, 2.24) is 0 Å². The van der Waals surface area contributed by atoms with Gasteiger partial charge in [-0.2, -0.15) is 0 Å². The first-order valence-electron chi connectivity index (χ1n) is 10.3. The first kappa shape index (κ1) is 20.0. The molecule has 1 aliphatic rings. The van der Waals surface area contributed by atoms with Crippen molar-refractivity contribution in [3.63, 3.8) is 0 Å². The molecule has 3 aromatic carbocycles. The summed E-state index contributed by atoms with van der Waals surface area (Å²) >= 11 is 0. The van der Waals surface area contributed by atoms with Gasteiger partial charge in [0.2, 0.25) is 0 Å². The predicted octanol–water partition coefficient (Wildman–Crippen LogP) is 7.17. The summed E-state index contributed by atoms with van der Waals surface area (Å²) in [5, 5.41) is 0. The van der Waals surface area contributed by atoms with E-state index in [0.29, 0.717) is 0 Å². The van der Waals surface area contributed by atoms with Crippen LogP contribution in [0.4, 0.5) is 11.4 Å². The highest BCUT2D eigenvalue weighted by atomic mass is 16.5. The third kappa shape index (κ3) is 4.16. The Morgan fingerprint density at radius 3 is 2.17 bits per heavy atom. The van der Waals surface area contributed by atoms with Crippen LogP contribution in [0.1, 0.15) is 37.5 Å². The Morgan fingerprint density at radius 2 is 1.50 bits per heavy atom. The van der Waals surface area contributed by atoms with E-state index in [2.05, 4.69) is 68.9 Å².